The lowest BCUT2D eigenvalue weighted by atomic mass is 9.83. The van der Waals surface area contributed by atoms with E-state index in [-0.39, 0.29) is 11.3 Å². The van der Waals surface area contributed by atoms with Crippen LogP contribution in [0.2, 0.25) is 0 Å². The van der Waals surface area contributed by atoms with Crippen molar-refractivity contribution in [1.29, 1.82) is 5.41 Å². The van der Waals surface area contributed by atoms with Crippen molar-refractivity contribution >= 4 is 46.5 Å². The monoisotopic (exact) mass is 493 g/mol. The predicted molar refractivity (Wildman–Crippen MR) is 145 cm³/mol. The molecule has 0 fully saturated rings. The van der Waals surface area contributed by atoms with Crippen LogP contribution in [-0.2, 0) is 4.79 Å². The molecule has 0 aliphatic carbocycles. The molecule has 186 valence electrons. The molecule has 0 spiro atoms. The molecule has 1 aromatic carbocycles. The second kappa shape index (κ2) is 11.5. The van der Waals surface area contributed by atoms with Crippen LogP contribution in [0, 0.1) is 10.8 Å². The van der Waals surface area contributed by atoms with Crippen molar-refractivity contribution in [3.8, 4) is 0 Å². The van der Waals surface area contributed by atoms with E-state index >= 15 is 0 Å². The smallest absolute Gasteiger partial charge is 0.224 e. The van der Waals surface area contributed by atoms with Crippen molar-refractivity contribution in [3.05, 3.63) is 42.0 Å². The molecule has 1 aliphatic rings. The Hall–Kier alpha value is -3.20. The fourth-order valence-electron chi connectivity index (χ4n) is 3.64. The minimum atomic E-state index is -0.0214. The summed E-state index contributed by atoms with van der Waals surface area (Å²) in [5.41, 5.74) is 8.87. The molecule has 0 saturated carbocycles. The molecular formula is C26H35N7OS. The Morgan fingerprint density at radius 2 is 1.97 bits per heavy atom. The minimum absolute atomic E-state index is 0.0214. The number of rotatable bonds is 8. The molecule has 2 aromatic rings. The van der Waals surface area contributed by atoms with E-state index in [1.54, 1.807) is 6.92 Å². The third-order valence-electron chi connectivity index (χ3n) is 5.55. The zero-order chi connectivity index (χ0) is 25.6. The van der Waals surface area contributed by atoms with E-state index in [0.29, 0.717) is 35.4 Å². The van der Waals surface area contributed by atoms with Gasteiger partial charge >= 0.3 is 0 Å². The van der Waals surface area contributed by atoms with Crippen LogP contribution < -0.4 is 16.0 Å². The van der Waals surface area contributed by atoms with E-state index in [2.05, 4.69) is 47.0 Å². The Bertz CT molecular complexity index is 1130. The average molecular weight is 494 g/mol. The summed E-state index contributed by atoms with van der Waals surface area (Å²) in [5.74, 6) is 1.61. The number of nitrogens with two attached hydrogens (primary N) is 1. The lowest BCUT2D eigenvalue weighted by Crippen LogP contribution is -2.32. The van der Waals surface area contributed by atoms with Gasteiger partial charge in [-0.05, 0) is 54.8 Å². The quantitative estimate of drug-likeness (QED) is 0.191. The van der Waals surface area contributed by atoms with Crippen LogP contribution in [0.5, 0.6) is 0 Å². The van der Waals surface area contributed by atoms with Gasteiger partial charge in [0.1, 0.15) is 11.7 Å². The fraction of sp³-hybridized carbons (Fsp3) is 0.423. The third kappa shape index (κ3) is 7.92. The van der Waals surface area contributed by atoms with Gasteiger partial charge in [-0.1, -0.05) is 39.3 Å². The second-order valence-corrected chi connectivity index (χ2v) is 10.7. The van der Waals surface area contributed by atoms with Gasteiger partial charge < -0.3 is 21.4 Å². The summed E-state index contributed by atoms with van der Waals surface area (Å²) >= 11 is 1.43. The first kappa shape index (κ1) is 26.4. The normalized spacial score (nSPS) is 14.5. The standard InChI is InChI=1S/C26H35N7OS/c1-6-24(34)29-19-7-9-20(10-8-19)35-25-31-22(30-21(28)15-17(2)27)16-23(32-25)33-13-11-18(12-14-33)26(3,4)5/h7-11,16,27H,6,12-15H2,1-5H3,(H,29,34)(H2,28,30,31,32). The first-order chi connectivity index (χ1) is 16.5. The first-order valence-electron chi connectivity index (χ1n) is 11.8. The van der Waals surface area contributed by atoms with E-state index < -0.39 is 0 Å². The van der Waals surface area contributed by atoms with Crippen molar-refractivity contribution in [2.24, 2.45) is 16.1 Å². The molecule has 1 aliphatic heterocycles. The van der Waals surface area contributed by atoms with Crippen LogP contribution in [0.3, 0.4) is 0 Å². The van der Waals surface area contributed by atoms with E-state index in [0.717, 1.165) is 35.9 Å². The van der Waals surface area contributed by atoms with Crippen molar-refractivity contribution in [2.75, 3.05) is 23.3 Å². The summed E-state index contributed by atoms with van der Waals surface area (Å²) in [6.45, 7) is 11.9. The number of carbonyl (C=O) groups is 1. The van der Waals surface area contributed by atoms with Crippen molar-refractivity contribution in [1.82, 2.24) is 9.97 Å². The van der Waals surface area contributed by atoms with Crippen molar-refractivity contribution in [3.63, 3.8) is 0 Å². The number of nitrogens with zero attached hydrogens (tertiary/aromatic N) is 4. The van der Waals surface area contributed by atoms with Gasteiger partial charge in [-0.25, -0.2) is 15.0 Å². The highest BCUT2D eigenvalue weighted by atomic mass is 32.2. The largest absolute Gasteiger partial charge is 0.387 e. The van der Waals surface area contributed by atoms with Gasteiger partial charge in [0.15, 0.2) is 11.0 Å². The number of amides is 1. The molecule has 0 bridgehead atoms. The Balaban J connectivity index is 1.88. The Morgan fingerprint density at radius 3 is 2.54 bits per heavy atom. The van der Waals surface area contributed by atoms with Gasteiger partial charge in [-0.3, -0.25) is 4.79 Å². The maximum atomic E-state index is 11.6. The predicted octanol–water partition coefficient (Wildman–Crippen LogP) is 5.58. The zero-order valence-electron chi connectivity index (χ0n) is 21.2. The van der Waals surface area contributed by atoms with Crippen LogP contribution in [-0.4, -0.2) is 40.5 Å². The van der Waals surface area contributed by atoms with Gasteiger partial charge in [0.2, 0.25) is 5.91 Å². The lowest BCUT2D eigenvalue weighted by molar-refractivity contribution is -0.115. The molecular weight excluding hydrogens is 458 g/mol. The maximum absolute atomic E-state index is 11.6. The maximum Gasteiger partial charge on any atom is 0.224 e. The first-order valence-corrected chi connectivity index (χ1v) is 12.6. The van der Waals surface area contributed by atoms with Crippen LogP contribution in [0.4, 0.5) is 17.3 Å². The van der Waals surface area contributed by atoms with Crippen LogP contribution in [0.15, 0.2) is 57.0 Å². The summed E-state index contributed by atoms with van der Waals surface area (Å²) in [4.78, 5) is 28.7. The number of amidine groups is 1. The van der Waals surface area contributed by atoms with Crippen LogP contribution >= 0.6 is 11.8 Å². The molecule has 0 saturated heterocycles. The number of carbonyl (C=O) groups excluding carboxylic acids is 1. The van der Waals surface area contributed by atoms with Gasteiger partial charge in [-0.2, -0.15) is 0 Å². The van der Waals surface area contributed by atoms with Crippen LogP contribution in [0.25, 0.3) is 0 Å². The van der Waals surface area contributed by atoms with Crippen molar-refractivity contribution in [2.45, 2.75) is 63.9 Å². The number of hydrogen-bond donors (Lipinski definition) is 3. The Labute approximate surface area is 212 Å². The fourth-order valence-corrected chi connectivity index (χ4v) is 4.41. The summed E-state index contributed by atoms with van der Waals surface area (Å²) in [6.07, 6.45) is 4.00. The van der Waals surface area contributed by atoms with Gasteiger partial charge in [0.05, 0.1) is 0 Å². The molecule has 1 aromatic heterocycles. The molecule has 0 radical (unpaired) electrons. The topological polar surface area (TPSA) is 120 Å². The molecule has 9 heteroatoms. The summed E-state index contributed by atoms with van der Waals surface area (Å²) in [5, 5.41) is 11.1. The summed E-state index contributed by atoms with van der Waals surface area (Å²) < 4.78 is 0. The summed E-state index contributed by atoms with van der Waals surface area (Å²) in [7, 11) is 0. The molecule has 0 atom stereocenters. The number of aromatic nitrogens is 2. The molecule has 8 nitrogen and oxygen atoms in total. The lowest BCUT2D eigenvalue weighted by Gasteiger charge is -2.32. The Morgan fingerprint density at radius 1 is 1.26 bits per heavy atom. The molecule has 4 N–H and O–H groups in total. The van der Waals surface area contributed by atoms with E-state index in [1.807, 2.05) is 37.3 Å². The molecule has 1 amide bonds. The van der Waals surface area contributed by atoms with Gasteiger partial charge in [-0.15, -0.1) is 0 Å². The third-order valence-corrected chi connectivity index (χ3v) is 6.42. The second-order valence-electron chi connectivity index (χ2n) is 9.63. The highest BCUT2D eigenvalue weighted by Gasteiger charge is 2.22. The number of nitrogens with one attached hydrogen (secondary N) is 2. The number of anilines is 2. The van der Waals surface area contributed by atoms with Crippen molar-refractivity contribution < 1.29 is 4.79 Å². The zero-order valence-corrected chi connectivity index (χ0v) is 22.0. The molecule has 2 heterocycles. The van der Waals surface area contributed by atoms with Gasteiger partial charge in [0, 0.05) is 48.3 Å². The molecule has 0 unspecified atom stereocenters. The molecule has 35 heavy (non-hydrogen) atoms. The SMILES string of the molecule is CCC(=O)Nc1ccc(Sc2nc(N=C(N)CC(C)=N)cc(N3CC=C(C(C)(C)C)CC3)n2)cc1. The highest BCUT2D eigenvalue weighted by Crippen LogP contribution is 2.33. The van der Waals surface area contributed by atoms with E-state index in [4.69, 9.17) is 16.1 Å². The average Bonchev–Trinajstić information content (AvgIpc) is 2.79. The van der Waals surface area contributed by atoms with Crippen LogP contribution in [0.1, 0.15) is 53.9 Å². The minimum Gasteiger partial charge on any atom is -0.387 e. The van der Waals surface area contributed by atoms with E-state index in [1.165, 1.54) is 17.3 Å². The Kier molecular flexibility index (Phi) is 8.67. The number of aliphatic imine (C=N–C) groups is 1. The number of benzene rings is 1. The number of hydrogen-bond acceptors (Lipinski definition) is 7. The molecule has 3 rings (SSSR count). The summed E-state index contributed by atoms with van der Waals surface area (Å²) in [6, 6.07) is 9.46. The van der Waals surface area contributed by atoms with E-state index in [9.17, 15) is 4.79 Å². The van der Waals surface area contributed by atoms with Gasteiger partial charge in [0.25, 0.3) is 0 Å². The highest BCUT2D eigenvalue weighted by molar-refractivity contribution is 7.99.